The molecular formula is C27H36N2O3S. The van der Waals surface area contributed by atoms with E-state index in [0.29, 0.717) is 12.3 Å². The zero-order valence-corrected chi connectivity index (χ0v) is 20.6. The monoisotopic (exact) mass is 468 g/mol. The van der Waals surface area contributed by atoms with Gasteiger partial charge in [0.25, 0.3) is 0 Å². The van der Waals surface area contributed by atoms with Crippen LogP contribution < -0.4 is 10.1 Å². The smallest absolute Gasteiger partial charge is 0.242 e. The first kappa shape index (κ1) is 25.2. The highest BCUT2D eigenvalue weighted by molar-refractivity contribution is 7.99. The maximum absolute atomic E-state index is 13.2. The van der Waals surface area contributed by atoms with Gasteiger partial charge in [-0.1, -0.05) is 61.7 Å². The Balaban J connectivity index is 1.58. The van der Waals surface area contributed by atoms with Gasteiger partial charge in [-0.15, -0.1) is 11.8 Å². The number of nitrogens with zero attached hydrogens (tertiary/aromatic N) is 1. The molecule has 178 valence electrons. The molecule has 6 heteroatoms. The summed E-state index contributed by atoms with van der Waals surface area (Å²) in [5, 5.41) is 3.19. The molecule has 33 heavy (non-hydrogen) atoms. The van der Waals surface area contributed by atoms with Crippen molar-refractivity contribution in [2.24, 2.45) is 0 Å². The molecule has 1 N–H and O–H groups in total. The fraction of sp³-hybridized carbons (Fsp3) is 0.481. The minimum atomic E-state index is -0.482. The molecule has 2 amide bonds. The molecule has 1 saturated carbocycles. The van der Waals surface area contributed by atoms with Crippen molar-refractivity contribution in [1.29, 1.82) is 0 Å². The molecule has 0 saturated heterocycles. The van der Waals surface area contributed by atoms with Gasteiger partial charge in [-0.05, 0) is 49.4 Å². The lowest BCUT2D eigenvalue weighted by atomic mass is 9.95. The molecular weight excluding hydrogens is 432 g/mol. The first-order chi connectivity index (χ1) is 16.1. The third-order valence-corrected chi connectivity index (χ3v) is 7.24. The van der Waals surface area contributed by atoms with Crippen LogP contribution in [0.15, 0.2) is 54.6 Å². The van der Waals surface area contributed by atoms with E-state index < -0.39 is 6.04 Å². The maximum Gasteiger partial charge on any atom is 0.242 e. The van der Waals surface area contributed by atoms with Crippen LogP contribution in [0.3, 0.4) is 0 Å². The summed E-state index contributed by atoms with van der Waals surface area (Å²) in [7, 11) is 1.65. The van der Waals surface area contributed by atoms with Gasteiger partial charge >= 0.3 is 0 Å². The summed E-state index contributed by atoms with van der Waals surface area (Å²) in [6.07, 6.45) is 6.38. The van der Waals surface area contributed by atoms with E-state index in [9.17, 15) is 9.59 Å². The third-order valence-electron chi connectivity index (χ3n) is 6.26. The molecule has 2 aromatic carbocycles. The third kappa shape index (κ3) is 8.11. The van der Waals surface area contributed by atoms with Crippen molar-refractivity contribution in [1.82, 2.24) is 10.2 Å². The van der Waals surface area contributed by atoms with Crippen LogP contribution in [-0.2, 0) is 21.8 Å². The Bertz CT molecular complexity index is 867. The molecule has 0 unspecified atom stereocenters. The number of amides is 2. The molecule has 0 aliphatic heterocycles. The Labute approximate surface area is 202 Å². The van der Waals surface area contributed by atoms with Crippen LogP contribution in [-0.4, -0.2) is 48.2 Å². The predicted molar refractivity (Wildman–Crippen MR) is 135 cm³/mol. The van der Waals surface area contributed by atoms with Gasteiger partial charge in [0, 0.05) is 18.3 Å². The number of ether oxygens (including phenoxy) is 1. The minimum Gasteiger partial charge on any atom is -0.497 e. The Morgan fingerprint density at radius 2 is 1.73 bits per heavy atom. The quantitative estimate of drug-likeness (QED) is 0.513. The van der Waals surface area contributed by atoms with Crippen molar-refractivity contribution in [3.8, 4) is 5.75 Å². The van der Waals surface area contributed by atoms with Crippen molar-refractivity contribution < 1.29 is 14.3 Å². The van der Waals surface area contributed by atoms with Gasteiger partial charge in [-0.3, -0.25) is 9.59 Å². The molecule has 0 heterocycles. The zero-order valence-electron chi connectivity index (χ0n) is 19.8. The van der Waals surface area contributed by atoms with E-state index in [1.807, 2.05) is 49.4 Å². The lowest BCUT2D eigenvalue weighted by Crippen LogP contribution is -2.51. The highest BCUT2D eigenvalue weighted by Crippen LogP contribution is 2.19. The molecule has 0 bridgehead atoms. The van der Waals surface area contributed by atoms with Gasteiger partial charge in [0.2, 0.25) is 11.8 Å². The van der Waals surface area contributed by atoms with Crippen LogP contribution in [0.4, 0.5) is 0 Å². The van der Waals surface area contributed by atoms with Gasteiger partial charge in [0.05, 0.1) is 12.9 Å². The second-order valence-electron chi connectivity index (χ2n) is 8.68. The van der Waals surface area contributed by atoms with Crippen LogP contribution in [0.25, 0.3) is 0 Å². The van der Waals surface area contributed by atoms with Gasteiger partial charge in [0.1, 0.15) is 11.8 Å². The van der Waals surface area contributed by atoms with Crippen molar-refractivity contribution in [2.75, 3.05) is 19.4 Å². The fourth-order valence-electron chi connectivity index (χ4n) is 4.20. The second kappa shape index (κ2) is 13.3. The van der Waals surface area contributed by atoms with Gasteiger partial charge < -0.3 is 15.0 Å². The fourth-order valence-corrected chi connectivity index (χ4v) is 5.07. The largest absolute Gasteiger partial charge is 0.497 e. The molecule has 1 aliphatic carbocycles. The number of methoxy groups -OCH3 is 1. The van der Waals surface area contributed by atoms with E-state index in [1.165, 1.54) is 12.0 Å². The average Bonchev–Trinajstić information content (AvgIpc) is 2.85. The molecule has 1 fully saturated rings. The first-order valence-electron chi connectivity index (χ1n) is 11.9. The van der Waals surface area contributed by atoms with Gasteiger partial charge in [-0.2, -0.15) is 0 Å². The Morgan fingerprint density at radius 1 is 1.03 bits per heavy atom. The lowest BCUT2D eigenvalue weighted by molar-refractivity contribution is -0.138. The summed E-state index contributed by atoms with van der Waals surface area (Å²) in [6, 6.07) is 17.8. The zero-order chi connectivity index (χ0) is 23.5. The lowest BCUT2D eigenvalue weighted by Gasteiger charge is -2.31. The molecule has 1 atom stereocenters. The Hall–Kier alpha value is -2.47. The van der Waals surface area contributed by atoms with Crippen LogP contribution in [0, 0.1) is 0 Å². The Kier molecular flexibility index (Phi) is 10.1. The summed E-state index contributed by atoms with van der Waals surface area (Å²) >= 11 is 1.58. The summed E-state index contributed by atoms with van der Waals surface area (Å²) in [4.78, 5) is 28.0. The highest BCUT2D eigenvalue weighted by Gasteiger charge is 2.27. The highest BCUT2D eigenvalue weighted by atomic mass is 32.2. The normalized spacial score (nSPS) is 15.0. The summed E-state index contributed by atoms with van der Waals surface area (Å²) in [5.41, 5.74) is 2.31. The minimum absolute atomic E-state index is 0.00994. The number of nitrogens with one attached hydrogen (secondary N) is 1. The number of carbonyl (C=O) groups excluding carboxylic acids is 2. The molecule has 2 aromatic rings. The van der Waals surface area contributed by atoms with Crippen molar-refractivity contribution in [2.45, 2.75) is 63.3 Å². The number of carbonyl (C=O) groups is 2. The van der Waals surface area contributed by atoms with E-state index in [0.717, 1.165) is 49.2 Å². The van der Waals surface area contributed by atoms with E-state index in [-0.39, 0.29) is 17.9 Å². The molecule has 0 aromatic heterocycles. The summed E-state index contributed by atoms with van der Waals surface area (Å²) in [6.45, 7) is 2.39. The average molecular weight is 469 g/mol. The van der Waals surface area contributed by atoms with E-state index in [4.69, 9.17) is 4.74 Å². The SMILES string of the molecule is COc1ccc(CSCC(=O)N(CCc2ccccc2)[C@@H](C)C(=O)NC2CCCCC2)cc1. The number of rotatable bonds is 11. The molecule has 1 aliphatic rings. The van der Waals surface area contributed by atoms with E-state index >= 15 is 0 Å². The van der Waals surface area contributed by atoms with Crippen molar-refractivity contribution in [3.63, 3.8) is 0 Å². The number of hydrogen-bond acceptors (Lipinski definition) is 4. The van der Waals surface area contributed by atoms with Crippen LogP contribution in [0.1, 0.15) is 50.2 Å². The van der Waals surface area contributed by atoms with E-state index in [1.54, 1.807) is 23.8 Å². The molecule has 0 spiro atoms. The number of thioether (sulfide) groups is 1. The van der Waals surface area contributed by atoms with Crippen LogP contribution in [0.2, 0.25) is 0 Å². The van der Waals surface area contributed by atoms with Crippen LogP contribution in [0.5, 0.6) is 5.75 Å². The van der Waals surface area contributed by atoms with Crippen molar-refractivity contribution >= 4 is 23.6 Å². The second-order valence-corrected chi connectivity index (χ2v) is 9.67. The Morgan fingerprint density at radius 3 is 2.39 bits per heavy atom. The summed E-state index contributed by atoms with van der Waals surface area (Å²) in [5.74, 6) is 1.89. The van der Waals surface area contributed by atoms with Crippen LogP contribution >= 0.6 is 11.8 Å². The molecule has 0 radical (unpaired) electrons. The van der Waals surface area contributed by atoms with Gasteiger partial charge in [0.15, 0.2) is 0 Å². The topological polar surface area (TPSA) is 58.6 Å². The first-order valence-corrected chi connectivity index (χ1v) is 13.1. The maximum atomic E-state index is 13.2. The molecule has 5 nitrogen and oxygen atoms in total. The number of hydrogen-bond donors (Lipinski definition) is 1. The molecule has 3 rings (SSSR count). The number of benzene rings is 2. The van der Waals surface area contributed by atoms with Gasteiger partial charge in [-0.25, -0.2) is 0 Å². The predicted octanol–water partition coefficient (Wildman–Crippen LogP) is 4.84. The summed E-state index contributed by atoms with van der Waals surface area (Å²) < 4.78 is 5.20. The van der Waals surface area contributed by atoms with E-state index in [2.05, 4.69) is 17.4 Å². The standard InChI is InChI=1S/C27H36N2O3S/c1-21(27(31)28-24-11-7-4-8-12-24)29(18-17-22-9-5-3-6-10-22)26(30)20-33-19-23-13-15-25(32-2)16-14-23/h3,5-6,9-10,13-16,21,24H,4,7-8,11-12,17-20H2,1-2H3,(H,28,31)/t21-/m0/s1. The van der Waals surface area contributed by atoms with Crippen molar-refractivity contribution in [3.05, 3.63) is 65.7 Å².